The van der Waals surface area contributed by atoms with Crippen LogP contribution in [-0.4, -0.2) is 39.0 Å². The number of aliphatic carboxylic acids is 1. The molecule has 0 bridgehead atoms. The number of likely N-dealkylation sites (tertiary alicyclic amines) is 1. The summed E-state index contributed by atoms with van der Waals surface area (Å²) in [7, 11) is 0. The van der Waals surface area contributed by atoms with E-state index in [2.05, 4.69) is 4.98 Å². The van der Waals surface area contributed by atoms with Gasteiger partial charge in [0.1, 0.15) is 11.9 Å². The van der Waals surface area contributed by atoms with Crippen molar-refractivity contribution in [3.05, 3.63) is 29.6 Å². The molecule has 2 heterocycles. The quantitative estimate of drug-likeness (QED) is 0.899. The molecule has 2 atom stereocenters. The summed E-state index contributed by atoms with van der Waals surface area (Å²) in [6, 6.07) is -0.772. The third kappa shape index (κ3) is 2.61. The SMILES string of the molecule is C[C@@H]1CCC[C@H](C(=O)O)N1C(=O)c1ncc(F)cc1F. The van der Waals surface area contributed by atoms with Crippen LogP contribution in [0.4, 0.5) is 8.78 Å². The molecule has 0 aliphatic carbocycles. The van der Waals surface area contributed by atoms with Gasteiger partial charge in [0.15, 0.2) is 11.5 Å². The van der Waals surface area contributed by atoms with E-state index in [0.717, 1.165) is 11.1 Å². The first-order valence-electron chi connectivity index (χ1n) is 6.28. The molecule has 20 heavy (non-hydrogen) atoms. The number of carbonyl (C=O) groups excluding carboxylic acids is 1. The van der Waals surface area contributed by atoms with Gasteiger partial charge in [-0.1, -0.05) is 0 Å². The molecule has 1 fully saturated rings. The van der Waals surface area contributed by atoms with Crippen molar-refractivity contribution in [2.45, 2.75) is 38.3 Å². The molecule has 5 nitrogen and oxygen atoms in total. The molecule has 0 radical (unpaired) electrons. The highest BCUT2D eigenvalue weighted by atomic mass is 19.1. The van der Waals surface area contributed by atoms with Crippen LogP contribution in [-0.2, 0) is 4.79 Å². The van der Waals surface area contributed by atoms with E-state index in [1.165, 1.54) is 0 Å². The van der Waals surface area contributed by atoms with Crippen molar-refractivity contribution >= 4 is 11.9 Å². The number of carbonyl (C=O) groups is 2. The van der Waals surface area contributed by atoms with Gasteiger partial charge in [0.25, 0.3) is 5.91 Å². The van der Waals surface area contributed by atoms with Gasteiger partial charge in [-0.2, -0.15) is 0 Å². The molecule has 1 amide bonds. The van der Waals surface area contributed by atoms with Gasteiger partial charge in [0.05, 0.1) is 6.20 Å². The van der Waals surface area contributed by atoms with E-state index >= 15 is 0 Å². The molecule has 7 heteroatoms. The van der Waals surface area contributed by atoms with Crippen LogP contribution in [0.2, 0.25) is 0 Å². The molecule has 0 unspecified atom stereocenters. The van der Waals surface area contributed by atoms with E-state index in [1.807, 2.05) is 0 Å². The fourth-order valence-corrected chi connectivity index (χ4v) is 2.47. The Morgan fingerprint density at radius 1 is 1.40 bits per heavy atom. The standard InChI is InChI=1S/C13H14F2N2O3/c1-7-3-2-4-10(13(19)20)17(7)12(18)11-9(15)5-8(14)6-16-11/h5-7,10H,2-4H2,1H3,(H,19,20)/t7-,10-/m1/s1. The van der Waals surface area contributed by atoms with E-state index in [0.29, 0.717) is 25.3 Å². The molecule has 0 saturated carbocycles. The van der Waals surface area contributed by atoms with E-state index in [4.69, 9.17) is 5.11 Å². The number of hydrogen-bond acceptors (Lipinski definition) is 3. The minimum absolute atomic E-state index is 0.314. The number of carboxylic acid groups (broad SMARTS) is 1. The predicted molar refractivity (Wildman–Crippen MR) is 65.1 cm³/mol. The summed E-state index contributed by atoms with van der Waals surface area (Å²) in [5.41, 5.74) is -0.550. The van der Waals surface area contributed by atoms with Crippen LogP contribution in [0.15, 0.2) is 12.3 Å². The third-order valence-electron chi connectivity index (χ3n) is 3.44. The summed E-state index contributed by atoms with van der Waals surface area (Å²) in [5.74, 6) is -3.92. The van der Waals surface area contributed by atoms with Crippen LogP contribution in [0.5, 0.6) is 0 Å². The minimum atomic E-state index is -1.13. The number of hydrogen-bond donors (Lipinski definition) is 1. The second-order valence-electron chi connectivity index (χ2n) is 4.83. The first kappa shape index (κ1) is 14.4. The summed E-state index contributed by atoms with van der Waals surface area (Å²) < 4.78 is 26.4. The maximum atomic E-state index is 13.6. The fourth-order valence-electron chi connectivity index (χ4n) is 2.47. The normalized spacial score (nSPS) is 22.6. The molecule has 0 spiro atoms. The maximum Gasteiger partial charge on any atom is 0.326 e. The third-order valence-corrected chi connectivity index (χ3v) is 3.44. The van der Waals surface area contributed by atoms with E-state index in [1.54, 1.807) is 6.92 Å². The Labute approximate surface area is 114 Å². The molecule has 1 aliphatic heterocycles. The van der Waals surface area contributed by atoms with Crippen molar-refractivity contribution in [2.24, 2.45) is 0 Å². The Bertz CT molecular complexity index is 550. The Balaban J connectivity index is 2.35. The van der Waals surface area contributed by atoms with Gasteiger partial charge in [-0.15, -0.1) is 0 Å². The average Bonchev–Trinajstić information content (AvgIpc) is 2.37. The number of halogens is 2. The Morgan fingerprint density at radius 2 is 2.10 bits per heavy atom. The van der Waals surface area contributed by atoms with E-state index in [9.17, 15) is 18.4 Å². The van der Waals surface area contributed by atoms with Crippen LogP contribution in [0.25, 0.3) is 0 Å². The molecule has 0 aromatic carbocycles. The Morgan fingerprint density at radius 3 is 2.70 bits per heavy atom. The molecule has 1 N–H and O–H groups in total. The summed E-state index contributed by atoms with van der Waals surface area (Å²) in [4.78, 5) is 28.1. The van der Waals surface area contributed by atoms with E-state index in [-0.39, 0.29) is 6.04 Å². The lowest BCUT2D eigenvalue weighted by molar-refractivity contribution is -0.144. The molecule has 1 aromatic rings. The van der Waals surface area contributed by atoms with Crippen LogP contribution in [0.1, 0.15) is 36.7 Å². The lowest BCUT2D eigenvalue weighted by atomic mass is 9.96. The zero-order valence-corrected chi connectivity index (χ0v) is 10.8. The first-order chi connectivity index (χ1) is 9.41. The maximum absolute atomic E-state index is 13.6. The van der Waals surface area contributed by atoms with Gasteiger partial charge in [-0.05, 0) is 26.2 Å². The molecule has 1 aromatic heterocycles. The lowest BCUT2D eigenvalue weighted by Crippen LogP contribution is -2.52. The number of aromatic nitrogens is 1. The van der Waals surface area contributed by atoms with Crippen molar-refractivity contribution < 1.29 is 23.5 Å². The smallest absolute Gasteiger partial charge is 0.326 e. The van der Waals surface area contributed by atoms with Gasteiger partial charge >= 0.3 is 5.97 Å². The van der Waals surface area contributed by atoms with Gasteiger partial charge in [0, 0.05) is 12.1 Å². The number of carboxylic acids is 1. The molecule has 1 saturated heterocycles. The molecule has 1 aliphatic rings. The van der Waals surface area contributed by atoms with Crippen LogP contribution in [0, 0.1) is 11.6 Å². The molecule has 2 rings (SSSR count). The molecular formula is C13H14F2N2O3. The first-order valence-corrected chi connectivity index (χ1v) is 6.28. The van der Waals surface area contributed by atoms with Gasteiger partial charge in [-0.3, -0.25) is 4.79 Å². The van der Waals surface area contributed by atoms with Crippen LogP contribution >= 0.6 is 0 Å². The van der Waals surface area contributed by atoms with Crippen molar-refractivity contribution in [3.8, 4) is 0 Å². The number of piperidine rings is 1. The second kappa shape index (κ2) is 5.52. The fraction of sp³-hybridized carbons (Fsp3) is 0.462. The summed E-state index contributed by atoms with van der Waals surface area (Å²) in [5, 5.41) is 9.17. The number of amides is 1. The summed E-state index contributed by atoms with van der Waals surface area (Å²) in [6.07, 6.45) is 2.37. The monoisotopic (exact) mass is 284 g/mol. The molecule has 108 valence electrons. The van der Waals surface area contributed by atoms with Crippen LogP contribution in [0.3, 0.4) is 0 Å². The number of pyridine rings is 1. The summed E-state index contributed by atoms with van der Waals surface area (Å²) in [6.45, 7) is 1.70. The van der Waals surface area contributed by atoms with Crippen molar-refractivity contribution in [2.75, 3.05) is 0 Å². The number of rotatable bonds is 2. The van der Waals surface area contributed by atoms with Crippen LogP contribution < -0.4 is 0 Å². The highest BCUT2D eigenvalue weighted by Crippen LogP contribution is 2.25. The topological polar surface area (TPSA) is 70.5 Å². The lowest BCUT2D eigenvalue weighted by Gasteiger charge is -2.38. The Kier molecular flexibility index (Phi) is 3.96. The van der Waals surface area contributed by atoms with E-state index < -0.39 is 35.2 Å². The highest BCUT2D eigenvalue weighted by Gasteiger charge is 2.38. The van der Waals surface area contributed by atoms with Crippen molar-refractivity contribution in [1.29, 1.82) is 0 Å². The highest BCUT2D eigenvalue weighted by molar-refractivity contribution is 5.95. The summed E-state index contributed by atoms with van der Waals surface area (Å²) >= 11 is 0. The number of nitrogens with zero attached hydrogens (tertiary/aromatic N) is 2. The van der Waals surface area contributed by atoms with Gasteiger partial charge < -0.3 is 10.0 Å². The van der Waals surface area contributed by atoms with Crippen molar-refractivity contribution in [3.63, 3.8) is 0 Å². The van der Waals surface area contributed by atoms with Crippen molar-refractivity contribution in [1.82, 2.24) is 9.88 Å². The Hall–Kier alpha value is -2.05. The molecular weight excluding hydrogens is 270 g/mol. The van der Waals surface area contributed by atoms with Gasteiger partial charge in [-0.25, -0.2) is 18.6 Å². The largest absolute Gasteiger partial charge is 0.480 e. The second-order valence-corrected chi connectivity index (χ2v) is 4.83. The minimum Gasteiger partial charge on any atom is -0.480 e. The average molecular weight is 284 g/mol. The van der Waals surface area contributed by atoms with Gasteiger partial charge in [0.2, 0.25) is 0 Å². The predicted octanol–water partition coefficient (Wildman–Crippen LogP) is 1.83. The zero-order chi connectivity index (χ0) is 14.9. The zero-order valence-electron chi connectivity index (χ0n) is 10.8.